The highest BCUT2D eigenvalue weighted by Gasteiger charge is 2.25. The van der Waals surface area contributed by atoms with Crippen molar-refractivity contribution < 1.29 is 0 Å². The van der Waals surface area contributed by atoms with Crippen LogP contribution in [-0.2, 0) is 7.05 Å². The van der Waals surface area contributed by atoms with Gasteiger partial charge in [0.15, 0.2) is 0 Å². The lowest BCUT2D eigenvalue weighted by molar-refractivity contribution is 0.565. The number of hydrogen-bond donors (Lipinski definition) is 1. The van der Waals surface area contributed by atoms with Crippen molar-refractivity contribution in [2.24, 2.45) is 7.05 Å². The van der Waals surface area contributed by atoms with Gasteiger partial charge in [0.05, 0.1) is 5.69 Å². The number of rotatable bonds is 3. The van der Waals surface area contributed by atoms with Gasteiger partial charge in [0.1, 0.15) is 0 Å². The summed E-state index contributed by atoms with van der Waals surface area (Å²) in [6, 6.07) is 1.19. The molecule has 1 fully saturated rings. The van der Waals surface area contributed by atoms with Crippen molar-refractivity contribution in [3.63, 3.8) is 0 Å². The zero-order valence-electron chi connectivity index (χ0n) is 9.46. The van der Waals surface area contributed by atoms with Gasteiger partial charge in [0.25, 0.3) is 0 Å². The molecule has 1 aromatic rings. The van der Waals surface area contributed by atoms with Crippen molar-refractivity contribution in [3.05, 3.63) is 17.0 Å². The van der Waals surface area contributed by atoms with Crippen molar-refractivity contribution in [1.29, 1.82) is 0 Å². The number of aryl methyl sites for hydroxylation is 2. The van der Waals surface area contributed by atoms with Crippen LogP contribution in [0.2, 0.25) is 0 Å². The number of nitrogens with zero attached hydrogens (tertiary/aromatic N) is 2. The molecule has 0 radical (unpaired) electrons. The van der Waals surface area contributed by atoms with Gasteiger partial charge in [-0.3, -0.25) is 4.68 Å². The van der Waals surface area contributed by atoms with Gasteiger partial charge in [-0.15, -0.1) is 0 Å². The highest BCUT2D eigenvalue weighted by molar-refractivity contribution is 5.27. The largest absolute Gasteiger partial charge is 0.307 e. The van der Waals surface area contributed by atoms with E-state index in [-0.39, 0.29) is 0 Å². The van der Waals surface area contributed by atoms with Gasteiger partial charge in [-0.05, 0) is 33.6 Å². The smallest absolute Gasteiger partial charge is 0.0644 e. The second-order valence-electron chi connectivity index (χ2n) is 4.37. The van der Waals surface area contributed by atoms with E-state index in [1.807, 2.05) is 11.7 Å². The molecule has 1 N–H and O–H groups in total. The van der Waals surface area contributed by atoms with Crippen LogP contribution < -0.4 is 5.32 Å². The first kappa shape index (κ1) is 9.71. The van der Waals surface area contributed by atoms with Crippen molar-refractivity contribution in [2.75, 3.05) is 0 Å². The molecule has 0 aromatic carbocycles. The Labute approximate surface area is 85.5 Å². The SMILES string of the molecule is Cc1nn(C)c(C)c1C(C)NC1CC1. The molecule has 1 saturated carbocycles. The Hall–Kier alpha value is -0.830. The molecule has 0 saturated heterocycles. The van der Waals surface area contributed by atoms with Crippen LogP contribution in [-0.4, -0.2) is 15.8 Å². The van der Waals surface area contributed by atoms with Crippen LogP contribution in [0.3, 0.4) is 0 Å². The first-order valence-corrected chi connectivity index (χ1v) is 5.35. The van der Waals surface area contributed by atoms with Crippen LogP contribution in [0.1, 0.15) is 42.8 Å². The third-order valence-electron chi connectivity index (χ3n) is 3.06. The molecular weight excluding hydrogens is 174 g/mol. The van der Waals surface area contributed by atoms with Crippen molar-refractivity contribution >= 4 is 0 Å². The second-order valence-corrected chi connectivity index (χ2v) is 4.37. The second kappa shape index (κ2) is 3.39. The third kappa shape index (κ3) is 1.69. The van der Waals surface area contributed by atoms with Crippen LogP contribution in [0, 0.1) is 13.8 Å². The van der Waals surface area contributed by atoms with Gasteiger partial charge in [0, 0.05) is 30.4 Å². The molecule has 1 aliphatic rings. The summed E-state index contributed by atoms with van der Waals surface area (Å²) < 4.78 is 1.97. The Morgan fingerprint density at radius 3 is 2.50 bits per heavy atom. The standard InChI is InChI=1S/C11H19N3/c1-7(12-10-5-6-10)11-8(2)13-14(4)9(11)3/h7,10,12H,5-6H2,1-4H3. The van der Waals surface area contributed by atoms with Gasteiger partial charge < -0.3 is 5.32 Å². The van der Waals surface area contributed by atoms with Crippen molar-refractivity contribution in [3.8, 4) is 0 Å². The molecule has 0 amide bonds. The molecule has 1 unspecified atom stereocenters. The summed E-state index contributed by atoms with van der Waals surface area (Å²) >= 11 is 0. The molecule has 3 nitrogen and oxygen atoms in total. The maximum absolute atomic E-state index is 4.44. The summed E-state index contributed by atoms with van der Waals surface area (Å²) in [7, 11) is 2.01. The number of aromatic nitrogens is 2. The molecule has 14 heavy (non-hydrogen) atoms. The van der Waals surface area contributed by atoms with Crippen LogP contribution in [0.25, 0.3) is 0 Å². The van der Waals surface area contributed by atoms with E-state index in [1.54, 1.807) is 0 Å². The fourth-order valence-corrected chi connectivity index (χ4v) is 2.10. The fraction of sp³-hybridized carbons (Fsp3) is 0.727. The Morgan fingerprint density at radius 1 is 1.43 bits per heavy atom. The van der Waals surface area contributed by atoms with Gasteiger partial charge in [-0.25, -0.2) is 0 Å². The fourth-order valence-electron chi connectivity index (χ4n) is 2.10. The van der Waals surface area contributed by atoms with Gasteiger partial charge in [-0.1, -0.05) is 0 Å². The summed E-state index contributed by atoms with van der Waals surface area (Å²) in [5.74, 6) is 0. The lowest BCUT2D eigenvalue weighted by Crippen LogP contribution is -2.21. The molecule has 1 aliphatic carbocycles. The van der Waals surface area contributed by atoms with E-state index in [9.17, 15) is 0 Å². The Kier molecular flexibility index (Phi) is 2.35. The molecule has 1 heterocycles. The van der Waals surface area contributed by atoms with Gasteiger partial charge in [-0.2, -0.15) is 5.10 Å². The number of hydrogen-bond acceptors (Lipinski definition) is 2. The van der Waals surface area contributed by atoms with Crippen molar-refractivity contribution in [1.82, 2.24) is 15.1 Å². The Morgan fingerprint density at radius 2 is 2.07 bits per heavy atom. The lowest BCUT2D eigenvalue weighted by Gasteiger charge is -2.13. The summed E-state index contributed by atoms with van der Waals surface area (Å²) in [4.78, 5) is 0. The zero-order chi connectivity index (χ0) is 10.3. The van der Waals surface area contributed by atoms with E-state index in [2.05, 4.69) is 31.2 Å². The first-order chi connectivity index (χ1) is 6.59. The van der Waals surface area contributed by atoms with Crippen LogP contribution in [0.15, 0.2) is 0 Å². The monoisotopic (exact) mass is 193 g/mol. The minimum Gasteiger partial charge on any atom is -0.307 e. The first-order valence-electron chi connectivity index (χ1n) is 5.35. The predicted molar refractivity (Wildman–Crippen MR) is 57.3 cm³/mol. The molecule has 0 bridgehead atoms. The summed E-state index contributed by atoms with van der Waals surface area (Å²) in [6.45, 7) is 6.46. The van der Waals surface area contributed by atoms with E-state index in [4.69, 9.17) is 0 Å². The van der Waals surface area contributed by atoms with Gasteiger partial charge >= 0.3 is 0 Å². The minimum absolute atomic E-state index is 0.441. The molecule has 0 aliphatic heterocycles. The van der Waals surface area contributed by atoms with Crippen LogP contribution >= 0.6 is 0 Å². The normalized spacial score (nSPS) is 18.6. The quantitative estimate of drug-likeness (QED) is 0.794. The topological polar surface area (TPSA) is 29.9 Å². The summed E-state index contributed by atoms with van der Waals surface area (Å²) in [5, 5.41) is 8.05. The lowest BCUT2D eigenvalue weighted by atomic mass is 10.1. The van der Waals surface area contributed by atoms with E-state index < -0.39 is 0 Å². The molecule has 2 rings (SSSR count). The highest BCUT2D eigenvalue weighted by Crippen LogP contribution is 2.26. The Balaban J connectivity index is 2.20. The van der Waals surface area contributed by atoms with E-state index in [1.165, 1.54) is 24.1 Å². The highest BCUT2D eigenvalue weighted by atomic mass is 15.3. The summed E-state index contributed by atoms with van der Waals surface area (Å²) in [6.07, 6.45) is 2.67. The predicted octanol–water partition coefficient (Wildman–Crippen LogP) is 1.85. The molecule has 3 heteroatoms. The average Bonchev–Trinajstić information content (AvgIpc) is 2.83. The molecule has 1 aromatic heterocycles. The molecule has 1 atom stereocenters. The maximum Gasteiger partial charge on any atom is 0.0644 e. The van der Waals surface area contributed by atoms with E-state index in [0.717, 1.165) is 11.7 Å². The minimum atomic E-state index is 0.441. The zero-order valence-corrected chi connectivity index (χ0v) is 9.46. The average molecular weight is 193 g/mol. The van der Waals surface area contributed by atoms with Crippen LogP contribution in [0.5, 0.6) is 0 Å². The van der Waals surface area contributed by atoms with Gasteiger partial charge in [0.2, 0.25) is 0 Å². The molecule has 78 valence electrons. The van der Waals surface area contributed by atoms with Crippen molar-refractivity contribution in [2.45, 2.75) is 45.7 Å². The number of nitrogens with one attached hydrogen (secondary N) is 1. The Bertz CT molecular complexity index is 337. The summed E-state index contributed by atoms with van der Waals surface area (Å²) in [5.41, 5.74) is 3.81. The molecular formula is C11H19N3. The van der Waals surface area contributed by atoms with E-state index >= 15 is 0 Å². The maximum atomic E-state index is 4.44. The third-order valence-corrected chi connectivity index (χ3v) is 3.06. The van der Waals surface area contributed by atoms with Crippen LogP contribution in [0.4, 0.5) is 0 Å². The van der Waals surface area contributed by atoms with E-state index in [0.29, 0.717) is 6.04 Å². The molecule has 0 spiro atoms.